The highest BCUT2D eigenvalue weighted by atomic mass is 35.5. The zero-order chi connectivity index (χ0) is 18.4. The van der Waals surface area contributed by atoms with Crippen LogP contribution in [0.5, 0.6) is 11.5 Å². The molecule has 2 aliphatic carbocycles. The normalized spacial score (nSPS) is 24.7. The molecule has 2 saturated carbocycles. The number of ether oxygens (including phenoxy) is 2. The Labute approximate surface area is 166 Å². The molecule has 5 rings (SSSR count). The Balaban J connectivity index is 1.29. The highest BCUT2D eigenvalue weighted by Crippen LogP contribution is 2.50. The van der Waals surface area contributed by atoms with Gasteiger partial charge in [0.25, 0.3) is 0 Å². The average molecular weight is 383 g/mol. The van der Waals surface area contributed by atoms with Crippen molar-refractivity contribution in [3.05, 3.63) is 58.1 Å². The molecule has 27 heavy (non-hydrogen) atoms. The number of halogens is 1. The molecule has 3 heteroatoms. The zero-order valence-electron chi connectivity index (χ0n) is 16.0. The van der Waals surface area contributed by atoms with Crippen molar-refractivity contribution in [2.45, 2.75) is 70.0 Å². The highest BCUT2D eigenvalue weighted by molar-refractivity contribution is 6.30. The summed E-state index contributed by atoms with van der Waals surface area (Å²) in [6, 6.07) is 12.7. The monoisotopic (exact) mass is 382 g/mol. The van der Waals surface area contributed by atoms with Crippen LogP contribution >= 0.6 is 11.6 Å². The Kier molecular flexibility index (Phi) is 4.35. The molecule has 0 N–H and O–H groups in total. The summed E-state index contributed by atoms with van der Waals surface area (Å²) in [7, 11) is 0. The predicted octanol–water partition coefficient (Wildman–Crippen LogP) is 6.68. The molecule has 2 unspecified atom stereocenters. The largest absolute Gasteiger partial charge is 0.489 e. The fraction of sp³-hybridized carbons (Fsp3) is 0.500. The van der Waals surface area contributed by atoms with Gasteiger partial charge in [0.1, 0.15) is 23.7 Å². The molecule has 1 aliphatic heterocycles. The summed E-state index contributed by atoms with van der Waals surface area (Å²) in [4.78, 5) is 0. The minimum Gasteiger partial charge on any atom is -0.489 e. The summed E-state index contributed by atoms with van der Waals surface area (Å²) in [5.41, 5.74) is 3.78. The second-order valence-electron chi connectivity index (χ2n) is 8.59. The van der Waals surface area contributed by atoms with Crippen LogP contribution in [0.1, 0.15) is 68.1 Å². The standard InChI is InChI=1S/C24H27ClO2/c1-2-16-13-22(16)17-5-7-21(8-6-17)26-15-19-12-20(25)11-18-14-24(27-23(18)19)9-3-4-10-24/h5-8,11-12,16,22H,2-4,9-10,13-15H2,1H3. The van der Waals surface area contributed by atoms with Gasteiger partial charge in [-0.15, -0.1) is 0 Å². The summed E-state index contributed by atoms with van der Waals surface area (Å²) in [6.45, 7) is 2.78. The minimum atomic E-state index is 0.0174. The molecule has 3 aliphatic rings. The number of rotatable bonds is 5. The summed E-state index contributed by atoms with van der Waals surface area (Å²) >= 11 is 6.38. The van der Waals surface area contributed by atoms with Gasteiger partial charge in [0.05, 0.1) is 0 Å². The van der Waals surface area contributed by atoms with Gasteiger partial charge in [0.15, 0.2) is 0 Å². The molecule has 2 fully saturated rings. The number of hydrogen-bond acceptors (Lipinski definition) is 2. The third-order valence-electron chi connectivity index (χ3n) is 6.70. The first-order chi connectivity index (χ1) is 13.2. The first-order valence-electron chi connectivity index (χ1n) is 10.4. The highest BCUT2D eigenvalue weighted by Gasteiger charge is 2.42. The van der Waals surface area contributed by atoms with Crippen molar-refractivity contribution in [3.63, 3.8) is 0 Å². The van der Waals surface area contributed by atoms with E-state index in [1.807, 2.05) is 6.07 Å². The Morgan fingerprint density at radius 1 is 1.15 bits per heavy atom. The van der Waals surface area contributed by atoms with Gasteiger partial charge in [-0.2, -0.15) is 0 Å². The van der Waals surface area contributed by atoms with E-state index < -0.39 is 0 Å². The molecule has 2 aromatic rings. The predicted molar refractivity (Wildman–Crippen MR) is 109 cm³/mol. The van der Waals surface area contributed by atoms with Gasteiger partial charge in [-0.3, -0.25) is 0 Å². The molecule has 2 atom stereocenters. The lowest BCUT2D eigenvalue weighted by Crippen LogP contribution is -2.30. The van der Waals surface area contributed by atoms with E-state index in [2.05, 4.69) is 37.3 Å². The van der Waals surface area contributed by atoms with Gasteiger partial charge < -0.3 is 9.47 Å². The molecule has 0 radical (unpaired) electrons. The summed E-state index contributed by atoms with van der Waals surface area (Å²) in [5, 5.41) is 0.778. The van der Waals surface area contributed by atoms with Gasteiger partial charge in [-0.05, 0) is 73.8 Å². The number of benzene rings is 2. The number of fused-ring (bicyclic) bond motifs is 1. The first kappa shape index (κ1) is 17.4. The Hall–Kier alpha value is -1.67. The summed E-state index contributed by atoms with van der Waals surface area (Å²) < 4.78 is 12.6. The Bertz CT molecular complexity index is 836. The topological polar surface area (TPSA) is 18.5 Å². The molecule has 142 valence electrons. The van der Waals surface area contributed by atoms with Crippen LogP contribution < -0.4 is 9.47 Å². The molecule has 2 nitrogen and oxygen atoms in total. The van der Waals surface area contributed by atoms with Gasteiger partial charge >= 0.3 is 0 Å². The average Bonchev–Trinajstić information content (AvgIpc) is 3.19. The Morgan fingerprint density at radius 3 is 2.63 bits per heavy atom. The van der Waals surface area contributed by atoms with E-state index in [0.717, 1.165) is 53.2 Å². The van der Waals surface area contributed by atoms with E-state index in [1.165, 1.54) is 36.8 Å². The van der Waals surface area contributed by atoms with Crippen LogP contribution in [0.2, 0.25) is 5.02 Å². The summed E-state index contributed by atoms with van der Waals surface area (Å²) in [5.74, 6) is 3.57. The van der Waals surface area contributed by atoms with E-state index in [0.29, 0.717) is 6.61 Å². The number of hydrogen-bond donors (Lipinski definition) is 0. The fourth-order valence-electron chi connectivity index (χ4n) is 5.06. The molecule has 0 aromatic heterocycles. The van der Waals surface area contributed by atoms with Crippen LogP contribution in [0.3, 0.4) is 0 Å². The molecule has 1 spiro atoms. The van der Waals surface area contributed by atoms with Gasteiger partial charge in [0.2, 0.25) is 0 Å². The van der Waals surface area contributed by atoms with E-state index >= 15 is 0 Å². The third kappa shape index (κ3) is 3.33. The van der Waals surface area contributed by atoms with Crippen LogP contribution in [0, 0.1) is 5.92 Å². The lowest BCUT2D eigenvalue weighted by molar-refractivity contribution is 0.100. The van der Waals surface area contributed by atoms with Gasteiger partial charge in [0, 0.05) is 22.6 Å². The zero-order valence-corrected chi connectivity index (χ0v) is 16.7. The molecular weight excluding hydrogens is 356 g/mol. The van der Waals surface area contributed by atoms with Crippen molar-refractivity contribution >= 4 is 11.6 Å². The van der Waals surface area contributed by atoms with Crippen molar-refractivity contribution in [1.82, 2.24) is 0 Å². The molecular formula is C24H27ClO2. The lowest BCUT2D eigenvalue weighted by Gasteiger charge is -2.23. The van der Waals surface area contributed by atoms with Crippen molar-refractivity contribution in [3.8, 4) is 11.5 Å². The van der Waals surface area contributed by atoms with E-state index in [1.54, 1.807) is 0 Å². The fourth-order valence-corrected chi connectivity index (χ4v) is 5.32. The third-order valence-corrected chi connectivity index (χ3v) is 6.92. The maximum atomic E-state index is 6.47. The quantitative estimate of drug-likeness (QED) is 0.574. The maximum absolute atomic E-state index is 6.47. The van der Waals surface area contributed by atoms with Crippen molar-refractivity contribution in [2.75, 3.05) is 0 Å². The molecule has 0 saturated heterocycles. The van der Waals surface area contributed by atoms with E-state index in [4.69, 9.17) is 21.1 Å². The Morgan fingerprint density at radius 2 is 1.93 bits per heavy atom. The van der Waals surface area contributed by atoms with Crippen molar-refractivity contribution in [1.29, 1.82) is 0 Å². The van der Waals surface area contributed by atoms with Gasteiger partial charge in [-0.25, -0.2) is 0 Å². The molecule has 2 aromatic carbocycles. The first-order valence-corrected chi connectivity index (χ1v) is 10.8. The van der Waals surface area contributed by atoms with Crippen LogP contribution in [0.15, 0.2) is 36.4 Å². The van der Waals surface area contributed by atoms with Crippen molar-refractivity contribution in [2.24, 2.45) is 5.92 Å². The maximum Gasteiger partial charge on any atom is 0.130 e. The van der Waals surface area contributed by atoms with Crippen LogP contribution in [0.25, 0.3) is 0 Å². The lowest BCUT2D eigenvalue weighted by atomic mass is 9.95. The van der Waals surface area contributed by atoms with Gasteiger partial charge in [-0.1, -0.05) is 37.1 Å². The van der Waals surface area contributed by atoms with Crippen LogP contribution in [-0.2, 0) is 13.0 Å². The van der Waals surface area contributed by atoms with Crippen LogP contribution in [0.4, 0.5) is 0 Å². The van der Waals surface area contributed by atoms with Crippen molar-refractivity contribution < 1.29 is 9.47 Å². The SMILES string of the molecule is CCC1CC1c1ccc(OCc2cc(Cl)cc3c2OC2(CCCC2)C3)cc1. The minimum absolute atomic E-state index is 0.0174. The second-order valence-corrected chi connectivity index (χ2v) is 9.03. The smallest absolute Gasteiger partial charge is 0.130 e. The van der Waals surface area contributed by atoms with E-state index in [9.17, 15) is 0 Å². The second kappa shape index (κ2) is 6.74. The molecule has 1 heterocycles. The molecule has 0 amide bonds. The van der Waals surface area contributed by atoms with Crippen LogP contribution in [-0.4, -0.2) is 5.60 Å². The van der Waals surface area contributed by atoms with E-state index in [-0.39, 0.29) is 5.60 Å². The summed E-state index contributed by atoms with van der Waals surface area (Å²) in [6.07, 6.45) is 8.45. The molecule has 0 bridgehead atoms.